The van der Waals surface area contributed by atoms with Crippen LogP contribution in [0.2, 0.25) is 0 Å². The Balaban J connectivity index is 1.50. The molecule has 0 bridgehead atoms. The van der Waals surface area contributed by atoms with E-state index in [4.69, 9.17) is 18.9 Å². The molecule has 2 heterocycles. The van der Waals surface area contributed by atoms with Crippen molar-refractivity contribution in [2.24, 2.45) is 0 Å². The van der Waals surface area contributed by atoms with E-state index in [0.717, 1.165) is 35.4 Å². The zero-order valence-electron chi connectivity index (χ0n) is 25.5. The minimum Gasteiger partial charge on any atom is -0.493 e. The average Bonchev–Trinajstić information content (AvgIpc) is 3.06. The van der Waals surface area contributed by atoms with Gasteiger partial charge in [0.2, 0.25) is 5.75 Å². The lowest BCUT2D eigenvalue weighted by Gasteiger charge is -2.37. The molecular weight excluding hydrogens is 570 g/mol. The molecule has 1 amide bonds. The highest BCUT2D eigenvalue weighted by molar-refractivity contribution is 5.90. The first-order valence-electron chi connectivity index (χ1n) is 14.9. The lowest BCUT2D eigenvalue weighted by atomic mass is 9.98. The average molecular weight is 611 g/mol. The molecule has 1 fully saturated rings. The van der Waals surface area contributed by atoms with Crippen molar-refractivity contribution < 1.29 is 37.3 Å². The molecule has 0 saturated carbocycles. The molecule has 0 N–H and O–H groups in total. The number of nitrogens with zero attached hydrogens (tertiary/aromatic N) is 2. The lowest BCUT2D eigenvalue weighted by molar-refractivity contribution is -0.173. The van der Waals surface area contributed by atoms with Gasteiger partial charge in [0, 0.05) is 24.5 Å². The molecule has 10 heteroatoms. The van der Waals surface area contributed by atoms with Gasteiger partial charge < -0.3 is 23.8 Å². The lowest BCUT2D eigenvalue weighted by Crippen LogP contribution is -2.53. The van der Waals surface area contributed by atoms with Crippen molar-refractivity contribution in [1.82, 2.24) is 9.88 Å². The highest BCUT2D eigenvalue weighted by atomic mass is 19.3. The topological polar surface area (TPSA) is 87.2 Å². The Morgan fingerprint density at radius 3 is 2.27 bits per heavy atom. The summed E-state index contributed by atoms with van der Waals surface area (Å²) in [6.07, 6.45) is 7.78. The van der Waals surface area contributed by atoms with Gasteiger partial charge in [-0.05, 0) is 80.7 Å². The molecule has 1 saturated heterocycles. The number of carbonyl (C=O) groups is 2. The minimum atomic E-state index is -3.96. The summed E-state index contributed by atoms with van der Waals surface area (Å²) in [5, 5.41) is 0. The van der Waals surface area contributed by atoms with Gasteiger partial charge in [-0.3, -0.25) is 9.78 Å². The normalized spacial score (nSPS) is 15.8. The van der Waals surface area contributed by atoms with Crippen LogP contribution in [0, 0.1) is 0 Å². The summed E-state index contributed by atoms with van der Waals surface area (Å²) < 4.78 is 53.3. The Labute approximate surface area is 257 Å². The van der Waals surface area contributed by atoms with E-state index in [1.54, 1.807) is 12.4 Å². The number of hydrogen-bond acceptors (Lipinski definition) is 7. The molecule has 44 heavy (non-hydrogen) atoms. The highest BCUT2D eigenvalue weighted by Gasteiger charge is 2.49. The number of amides is 1. The molecule has 1 unspecified atom stereocenters. The molecular formula is C34H40F2N2O6. The molecule has 0 spiro atoms. The van der Waals surface area contributed by atoms with Crippen molar-refractivity contribution in [3.63, 3.8) is 0 Å². The largest absolute Gasteiger partial charge is 0.493 e. The van der Waals surface area contributed by atoms with Crippen molar-refractivity contribution in [2.75, 3.05) is 27.9 Å². The molecule has 1 aliphatic rings. The van der Waals surface area contributed by atoms with E-state index in [2.05, 4.69) is 17.1 Å². The maximum absolute atomic E-state index is 15.8. The van der Waals surface area contributed by atoms with Gasteiger partial charge in [0.15, 0.2) is 11.5 Å². The Hall–Kier alpha value is -4.21. The van der Waals surface area contributed by atoms with E-state index in [0.29, 0.717) is 32.1 Å². The van der Waals surface area contributed by atoms with E-state index in [1.165, 1.54) is 26.9 Å². The molecule has 2 aromatic carbocycles. The second-order valence-electron chi connectivity index (χ2n) is 10.8. The van der Waals surface area contributed by atoms with Crippen LogP contribution >= 0.6 is 0 Å². The summed E-state index contributed by atoms with van der Waals surface area (Å²) in [5.74, 6) is -5.96. The summed E-state index contributed by atoms with van der Waals surface area (Å²) in [7, 11) is 3.98. The predicted octanol–water partition coefficient (Wildman–Crippen LogP) is 6.15. The van der Waals surface area contributed by atoms with Gasteiger partial charge in [0.05, 0.1) is 21.3 Å². The Morgan fingerprint density at radius 1 is 0.932 bits per heavy atom. The zero-order chi connectivity index (χ0) is 31.5. The second-order valence-corrected chi connectivity index (χ2v) is 10.8. The van der Waals surface area contributed by atoms with Gasteiger partial charge in [-0.25, -0.2) is 4.79 Å². The number of alkyl halides is 2. The van der Waals surface area contributed by atoms with E-state index in [9.17, 15) is 9.59 Å². The number of carbonyl (C=O) groups excluding carboxylic acids is 2. The van der Waals surface area contributed by atoms with Gasteiger partial charge in [0.1, 0.15) is 12.1 Å². The van der Waals surface area contributed by atoms with E-state index >= 15 is 8.78 Å². The fraction of sp³-hybridized carbons (Fsp3) is 0.441. The summed E-state index contributed by atoms with van der Waals surface area (Å²) >= 11 is 0. The van der Waals surface area contributed by atoms with Gasteiger partial charge in [-0.15, -0.1) is 0 Å². The number of likely N-dealkylation sites (tertiary alicyclic amines) is 1. The van der Waals surface area contributed by atoms with Crippen LogP contribution in [0.25, 0.3) is 0 Å². The van der Waals surface area contributed by atoms with Gasteiger partial charge in [-0.2, -0.15) is 8.78 Å². The van der Waals surface area contributed by atoms with Crippen LogP contribution in [0.4, 0.5) is 8.78 Å². The van der Waals surface area contributed by atoms with Crippen LogP contribution in [0.1, 0.15) is 55.2 Å². The molecule has 1 aliphatic heterocycles. The van der Waals surface area contributed by atoms with Gasteiger partial charge in [-0.1, -0.05) is 36.4 Å². The first-order chi connectivity index (χ1) is 21.3. The molecule has 8 nitrogen and oxygen atoms in total. The SMILES string of the molecule is COc1cc(C(F)(F)C(=O)N2CCCC[C@H]2C(=O)OC(CCCc2ccccc2)CCc2cccnc2)cc(OC)c1OC. The van der Waals surface area contributed by atoms with Crippen LogP contribution in [-0.2, 0) is 33.1 Å². The maximum atomic E-state index is 15.8. The standard InChI is InChI=1S/C34H40F2N2O6/c1-41-29-21-26(22-30(42-2)31(29)43-3)34(35,36)33(40)38-20-8-7-16-28(38)32(39)44-27(18-17-25-14-10-19-37-23-25)15-9-13-24-11-5-4-6-12-24/h4-6,10-12,14,19,21-23,27-28H,7-9,13,15-18,20H2,1-3H3/t27?,28-/m0/s1. The molecule has 0 aliphatic carbocycles. The third kappa shape index (κ3) is 8.03. The third-order valence-electron chi connectivity index (χ3n) is 7.93. The van der Waals surface area contributed by atoms with E-state index in [1.807, 2.05) is 30.3 Å². The molecule has 236 valence electrons. The minimum absolute atomic E-state index is 0.00381. The number of halogens is 2. The monoisotopic (exact) mass is 610 g/mol. The summed E-state index contributed by atoms with van der Waals surface area (Å²) in [6, 6.07) is 14.8. The predicted molar refractivity (Wildman–Crippen MR) is 161 cm³/mol. The highest BCUT2D eigenvalue weighted by Crippen LogP contribution is 2.43. The Bertz CT molecular complexity index is 1350. The zero-order valence-corrected chi connectivity index (χ0v) is 25.5. The molecule has 3 aromatic rings. The van der Waals surface area contributed by atoms with Crippen molar-refractivity contribution in [3.05, 3.63) is 83.7 Å². The summed E-state index contributed by atoms with van der Waals surface area (Å²) in [5.41, 5.74) is 1.57. The third-order valence-corrected chi connectivity index (χ3v) is 7.93. The van der Waals surface area contributed by atoms with Crippen molar-refractivity contribution in [3.8, 4) is 17.2 Å². The van der Waals surface area contributed by atoms with Crippen molar-refractivity contribution >= 4 is 11.9 Å². The maximum Gasteiger partial charge on any atom is 0.350 e. The second kappa shape index (κ2) is 15.5. The number of piperidine rings is 1. The molecule has 4 rings (SSSR count). The summed E-state index contributed by atoms with van der Waals surface area (Å²) in [4.78, 5) is 32.2. The smallest absolute Gasteiger partial charge is 0.350 e. The number of pyridine rings is 1. The quantitative estimate of drug-likeness (QED) is 0.203. The molecule has 0 radical (unpaired) electrons. The van der Waals surface area contributed by atoms with Crippen LogP contribution < -0.4 is 14.2 Å². The first-order valence-corrected chi connectivity index (χ1v) is 14.9. The van der Waals surface area contributed by atoms with Gasteiger partial charge in [0.25, 0.3) is 5.91 Å². The van der Waals surface area contributed by atoms with Crippen molar-refractivity contribution in [1.29, 1.82) is 0 Å². The van der Waals surface area contributed by atoms with Crippen molar-refractivity contribution in [2.45, 2.75) is 69.4 Å². The number of esters is 1. The number of aromatic nitrogens is 1. The van der Waals surface area contributed by atoms with Crippen LogP contribution in [0.3, 0.4) is 0 Å². The number of aryl methyl sites for hydroxylation is 2. The number of hydrogen-bond donors (Lipinski definition) is 0. The fourth-order valence-corrected chi connectivity index (χ4v) is 5.54. The van der Waals surface area contributed by atoms with Gasteiger partial charge >= 0.3 is 11.9 Å². The molecule has 1 aromatic heterocycles. The van der Waals surface area contributed by atoms with E-state index in [-0.39, 0.29) is 30.2 Å². The Kier molecular flexibility index (Phi) is 11.5. The number of rotatable bonds is 14. The number of ether oxygens (including phenoxy) is 4. The summed E-state index contributed by atoms with van der Waals surface area (Å²) in [6.45, 7) is 0.0208. The Morgan fingerprint density at radius 2 is 1.64 bits per heavy atom. The number of methoxy groups -OCH3 is 3. The number of benzene rings is 2. The first kappa shape index (κ1) is 32.7. The van der Waals surface area contributed by atoms with Crippen LogP contribution in [0.5, 0.6) is 17.2 Å². The fourth-order valence-electron chi connectivity index (χ4n) is 5.54. The van der Waals surface area contributed by atoms with E-state index < -0.39 is 35.5 Å². The van der Waals surface area contributed by atoms with Crippen LogP contribution in [0.15, 0.2) is 67.0 Å². The van der Waals surface area contributed by atoms with Crippen LogP contribution in [-0.4, -0.2) is 61.8 Å². The molecule has 2 atom stereocenters.